The summed E-state index contributed by atoms with van der Waals surface area (Å²) in [5.41, 5.74) is 13.2. The zero-order valence-corrected chi connectivity index (χ0v) is 23.4. The second kappa shape index (κ2) is 12.9. The van der Waals surface area contributed by atoms with Gasteiger partial charge in [0.15, 0.2) is 0 Å². The SMILES string of the molecule is CCc1cc(-c2ccc3c(c2)NC(C)C=C3)ccc1OCCC#CC1=CC=NC(C=Cc2ccccc2)=C=C1C. The van der Waals surface area contributed by atoms with E-state index < -0.39 is 0 Å². The Morgan fingerprint density at radius 2 is 1.85 bits per heavy atom. The van der Waals surface area contributed by atoms with Crippen LogP contribution in [0.1, 0.15) is 43.9 Å². The summed E-state index contributed by atoms with van der Waals surface area (Å²) in [5, 5.41) is 3.55. The second-order valence-corrected chi connectivity index (χ2v) is 9.91. The molecule has 2 aliphatic heterocycles. The third-order valence-electron chi connectivity index (χ3n) is 6.89. The number of nitrogens with zero attached hydrogens (tertiary/aromatic N) is 1. The van der Waals surface area contributed by atoms with Crippen LogP contribution in [0.2, 0.25) is 0 Å². The molecule has 0 aromatic heterocycles. The molecule has 1 atom stereocenters. The highest BCUT2D eigenvalue weighted by atomic mass is 16.5. The molecule has 3 aromatic carbocycles. The Bertz CT molecular complexity index is 1630. The minimum absolute atomic E-state index is 0.343. The molecule has 0 saturated heterocycles. The highest BCUT2D eigenvalue weighted by Gasteiger charge is 2.11. The standard InChI is InChI=1S/C37H34N2O/c1-4-30-25-33(34-17-16-32-15-13-28(3)39-36(32)26-34)18-20-37(30)40-23-9-8-12-31-21-22-38-35(24-27(31)2)19-14-29-10-6-5-7-11-29/h5-7,10-11,13-22,25-26,28,39H,4,9,23H2,1-3H3. The van der Waals surface area contributed by atoms with Gasteiger partial charge >= 0.3 is 0 Å². The molecular formula is C37H34N2O. The minimum Gasteiger partial charge on any atom is -0.492 e. The molecule has 3 nitrogen and oxygen atoms in total. The summed E-state index contributed by atoms with van der Waals surface area (Å²) in [5.74, 6) is 7.46. The molecule has 0 saturated carbocycles. The zero-order valence-electron chi connectivity index (χ0n) is 23.4. The lowest BCUT2D eigenvalue weighted by atomic mass is 9.97. The normalized spacial score (nSPS) is 15.7. The van der Waals surface area contributed by atoms with Crippen LogP contribution in [-0.2, 0) is 6.42 Å². The van der Waals surface area contributed by atoms with Crippen molar-refractivity contribution in [2.45, 2.75) is 39.7 Å². The maximum absolute atomic E-state index is 6.15. The molecule has 0 radical (unpaired) electrons. The van der Waals surface area contributed by atoms with Crippen LogP contribution < -0.4 is 10.1 Å². The number of ether oxygens (including phenoxy) is 1. The molecule has 2 aliphatic rings. The Morgan fingerprint density at radius 3 is 2.70 bits per heavy atom. The molecule has 0 fully saturated rings. The summed E-state index contributed by atoms with van der Waals surface area (Å²) < 4.78 is 6.15. The maximum Gasteiger partial charge on any atom is 0.122 e. The van der Waals surface area contributed by atoms with E-state index >= 15 is 0 Å². The van der Waals surface area contributed by atoms with Crippen molar-refractivity contribution in [2.75, 3.05) is 11.9 Å². The van der Waals surface area contributed by atoms with Gasteiger partial charge in [-0.15, -0.1) is 0 Å². The average Bonchev–Trinajstić information content (AvgIpc) is 3.16. The molecule has 3 aromatic rings. The van der Waals surface area contributed by atoms with Crippen LogP contribution in [0, 0.1) is 11.8 Å². The summed E-state index contributed by atoms with van der Waals surface area (Å²) in [6, 6.07) is 23.6. The number of hydrogen-bond donors (Lipinski definition) is 1. The molecule has 2 heterocycles. The van der Waals surface area contributed by atoms with E-state index in [0.29, 0.717) is 19.1 Å². The number of aryl methyl sites for hydroxylation is 1. The Morgan fingerprint density at radius 1 is 1.02 bits per heavy atom. The fraction of sp³-hybridized carbons (Fsp3) is 0.189. The molecule has 0 spiro atoms. The molecule has 0 aliphatic carbocycles. The largest absolute Gasteiger partial charge is 0.492 e. The average molecular weight is 523 g/mol. The summed E-state index contributed by atoms with van der Waals surface area (Å²) in [7, 11) is 0. The minimum atomic E-state index is 0.343. The van der Waals surface area contributed by atoms with Gasteiger partial charge in [-0.3, -0.25) is 0 Å². The van der Waals surface area contributed by atoms with Crippen LogP contribution in [0.5, 0.6) is 5.75 Å². The van der Waals surface area contributed by atoms with Gasteiger partial charge in [0.1, 0.15) is 11.4 Å². The number of allylic oxidation sites excluding steroid dienone is 3. The lowest BCUT2D eigenvalue weighted by molar-refractivity contribution is 0.324. The molecule has 3 heteroatoms. The van der Waals surface area contributed by atoms with Crippen molar-refractivity contribution in [3.63, 3.8) is 0 Å². The third-order valence-corrected chi connectivity index (χ3v) is 6.89. The second-order valence-electron chi connectivity index (χ2n) is 9.91. The smallest absolute Gasteiger partial charge is 0.122 e. The van der Waals surface area contributed by atoms with E-state index in [1.807, 2.05) is 43.4 Å². The van der Waals surface area contributed by atoms with Crippen LogP contribution in [-0.4, -0.2) is 18.9 Å². The molecular weight excluding hydrogens is 488 g/mol. The first-order valence-corrected chi connectivity index (χ1v) is 13.9. The summed E-state index contributed by atoms with van der Waals surface area (Å²) in [4.78, 5) is 4.49. The van der Waals surface area contributed by atoms with Crippen LogP contribution in [0.15, 0.2) is 113 Å². The Kier molecular flexibility index (Phi) is 8.62. The summed E-state index contributed by atoms with van der Waals surface area (Å²) in [6.07, 6.45) is 13.7. The first-order chi connectivity index (χ1) is 19.6. The van der Waals surface area contributed by atoms with Crippen molar-refractivity contribution in [2.24, 2.45) is 4.99 Å². The molecule has 0 amide bonds. The molecule has 40 heavy (non-hydrogen) atoms. The lowest BCUT2D eigenvalue weighted by Crippen LogP contribution is -2.15. The van der Waals surface area contributed by atoms with Gasteiger partial charge in [-0.25, -0.2) is 4.99 Å². The number of hydrogen-bond acceptors (Lipinski definition) is 3. The highest BCUT2D eigenvalue weighted by Crippen LogP contribution is 2.32. The Hall–Kier alpha value is -4.77. The van der Waals surface area contributed by atoms with Gasteiger partial charge in [-0.05, 0) is 78.4 Å². The quantitative estimate of drug-likeness (QED) is 0.191. The number of aliphatic imine (C=N–C) groups is 1. The van der Waals surface area contributed by atoms with E-state index in [4.69, 9.17) is 4.74 Å². The topological polar surface area (TPSA) is 33.6 Å². The van der Waals surface area contributed by atoms with Crippen LogP contribution in [0.3, 0.4) is 0 Å². The van der Waals surface area contributed by atoms with Crippen LogP contribution >= 0.6 is 0 Å². The fourth-order valence-electron chi connectivity index (χ4n) is 4.66. The third kappa shape index (κ3) is 6.80. The summed E-state index contributed by atoms with van der Waals surface area (Å²) in [6.45, 7) is 6.89. The van der Waals surface area contributed by atoms with Gasteiger partial charge < -0.3 is 10.1 Å². The van der Waals surface area contributed by atoms with Gasteiger partial charge in [-0.2, -0.15) is 0 Å². The van der Waals surface area contributed by atoms with Crippen LogP contribution in [0.4, 0.5) is 5.69 Å². The Labute approximate surface area is 238 Å². The number of benzene rings is 3. The predicted molar refractivity (Wildman–Crippen MR) is 170 cm³/mol. The van der Waals surface area contributed by atoms with E-state index in [9.17, 15) is 0 Å². The van der Waals surface area contributed by atoms with Crippen LogP contribution in [0.25, 0.3) is 23.3 Å². The fourth-order valence-corrected chi connectivity index (χ4v) is 4.66. The molecule has 198 valence electrons. The number of fused-ring (bicyclic) bond motifs is 1. The van der Waals surface area contributed by atoms with Crippen molar-refractivity contribution in [1.29, 1.82) is 0 Å². The van der Waals surface area contributed by atoms with E-state index in [-0.39, 0.29) is 0 Å². The number of nitrogens with one attached hydrogen (secondary N) is 1. The van der Waals surface area contributed by atoms with Crippen molar-refractivity contribution < 1.29 is 4.74 Å². The number of rotatable bonds is 7. The molecule has 1 unspecified atom stereocenters. The lowest BCUT2D eigenvalue weighted by Gasteiger charge is -2.20. The zero-order chi connectivity index (χ0) is 27.7. The number of anilines is 1. The van der Waals surface area contributed by atoms with Crippen molar-refractivity contribution in [1.82, 2.24) is 0 Å². The van der Waals surface area contributed by atoms with E-state index in [1.54, 1.807) is 6.21 Å². The van der Waals surface area contributed by atoms with Crippen molar-refractivity contribution in [3.05, 3.63) is 124 Å². The molecule has 0 bridgehead atoms. The highest BCUT2D eigenvalue weighted by molar-refractivity contribution is 5.79. The monoisotopic (exact) mass is 522 g/mol. The van der Waals surface area contributed by atoms with Gasteiger partial charge in [-0.1, -0.05) is 91.3 Å². The van der Waals surface area contributed by atoms with Gasteiger partial charge in [0.05, 0.1) is 6.61 Å². The van der Waals surface area contributed by atoms with Gasteiger partial charge in [0.25, 0.3) is 0 Å². The van der Waals surface area contributed by atoms with E-state index in [1.165, 1.54) is 27.9 Å². The summed E-state index contributed by atoms with van der Waals surface area (Å²) >= 11 is 0. The maximum atomic E-state index is 6.15. The van der Waals surface area contributed by atoms with Crippen molar-refractivity contribution >= 4 is 24.1 Å². The molecule has 1 N–H and O–H groups in total. The predicted octanol–water partition coefficient (Wildman–Crippen LogP) is 8.67. The van der Waals surface area contributed by atoms with Crippen molar-refractivity contribution in [3.8, 4) is 28.7 Å². The van der Waals surface area contributed by atoms with E-state index in [0.717, 1.165) is 34.6 Å². The first-order valence-electron chi connectivity index (χ1n) is 13.9. The Balaban J connectivity index is 1.20. The molecule has 5 rings (SSSR count). The van der Waals surface area contributed by atoms with E-state index in [2.05, 4.69) is 102 Å². The van der Waals surface area contributed by atoms with Gasteiger partial charge in [0.2, 0.25) is 0 Å². The first kappa shape index (κ1) is 26.8. The van der Waals surface area contributed by atoms with Gasteiger partial charge in [0, 0.05) is 35.5 Å².